The van der Waals surface area contributed by atoms with Gasteiger partial charge < -0.3 is 4.74 Å². The highest BCUT2D eigenvalue weighted by atomic mass is 35.5. The van der Waals surface area contributed by atoms with Gasteiger partial charge in [-0.1, -0.05) is 11.6 Å². The summed E-state index contributed by atoms with van der Waals surface area (Å²) in [7, 11) is 1.62. The molecular weight excluding hydrogens is 176 g/mol. The van der Waals surface area contributed by atoms with Gasteiger partial charge in [-0.3, -0.25) is 0 Å². The molecule has 1 aromatic carbocycles. The van der Waals surface area contributed by atoms with Crippen molar-refractivity contribution >= 4 is 11.6 Å². The number of nitrogens with zero attached hydrogens (tertiary/aromatic N) is 2. The van der Waals surface area contributed by atoms with Gasteiger partial charge in [-0.25, -0.2) is 0 Å². The van der Waals surface area contributed by atoms with E-state index in [9.17, 15) is 0 Å². The van der Waals surface area contributed by atoms with Crippen LogP contribution < -0.4 is 4.74 Å². The van der Waals surface area contributed by atoms with Crippen LogP contribution in [0, 0.1) is 0 Å². The molecule has 0 spiro atoms. The highest BCUT2D eigenvalue weighted by Gasteiger charge is 2.39. The lowest BCUT2D eigenvalue weighted by molar-refractivity contribution is 0.414. The quantitative estimate of drug-likeness (QED) is 0.511. The largest absolute Gasteiger partial charge is 0.497 e. The fraction of sp³-hybridized carbons (Fsp3) is 0.250. The Kier molecular flexibility index (Phi) is 1.54. The van der Waals surface area contributed by atoms with Crippen LogP contribution in [0.5, 0.6) is 5.75 Å². The Balaban J connectivity index is 2.25. The van der Waals surface area contributed by atoms with Crippen molar-refractivity contribution in [3.8, 4) is 5.75 Å². The lowest BCUT2D eigenvalue weighted by atomic mass is 10.2. The zero-order chi connectivity index (χ0) is 8.60. The van der Waals surface area contributed by atoms with Crippen molar-refractivity contribution in [3.05, 3.63) is 29.8 Å². The van der Waals surface area contributed by atoms with Crippen molar-refractivity contribution < 1.29 is 4.74 Å². The van der Waals surface area contributed by atoms with Crippen molar-refractivity contribution in [3.63, 3.8) is 0 Å². The molecule has 0 radical (unpaired) electrons. The number of halogens is 1. The molecule has 1 heterocycles. The van der Waals surface area contributed by atoms with Gasteiger partial charge in [-0.15, -0.1) is 10.2 Å². The number of methoxy groups -OCH3 is 1. The summed E-state index contributed by atoms with van der Waals surface area (Å²) in [5.74, 6) is 0.805. The molecule has 1 aliphatic rings. The van der Waals surface area contributed by atoms with E-state index in [0.29, 0.717) is 0 Å². The van der Waals surface area contributed by atoms with E-state index in [4.69, 9.17) is 16.3 Å². The highest BCUT2D eigenvalue weighted by molar-refractivity contribution is 6.24. The zero-order valence-electron chi connectivity index (χ0n) is 6.49. The number of hydrogen-bond donors (Lipinski definition) is 0. The normalized spacial score (nSPS) is 17.5. The summed E-state index contributed by atoms with van der Waals surface area (Å²) < 4.78 is 5.00. The number of alkyl halides is 1. The predicted molar refractivity (Wildman–Crippen MR) is 45.4 cm³/mol. The molecule has 0 unspecified atom stereocenters. The summed E-state index contributed by atoms with van der Waals surface area (Å²) in [5, 5.41) is 6.62. The lowest BCUT2D eigenvalue weighted by Crippen LogP contribution is -1.97. The van der Waals surface area contributed by atoms with E-state index >= 15 is 0 Å². The van der Waals surface area contributed by atoms with Crippen molar-refractivity contribution in [2.75, 3.05) is 7.11 Å². The van der Waals surface area contributed by atoms with Crippen LogP contribution in [0.4, 0.5) is 0 Å². The van der Waals surface area contributed by atoms with Crippen molar-refractivity contribution in [1.82, 2.24) is 0 Å². The molecular formula is C8H7ClN2O. The Morgan fingerprint density at radius 1 is 1.25 bits per heavy atom. The molecule has 0 bridgehead atoms. The van der Waals surface area contributed by atoms with Crippen LogP contribution in [-0.4, -0.2) is 7.11 Å². The highest BCUT2D eigenvalue weighted by Crippen LogP contribution is 2.43. The van der Waals surface area contributed by atoms with Crippen LogP contribution in [0.1, 0.15) is 5.56 Å². The van der Waals surface area contributed by atoms with Crippen molar-refractivity contribution in [1.29, 1.82) is 0 Å². The van der Waals surface area contributed by atoms with Crippen LogP contribution in [0.15, 0.2) is 34.5 Å². The van der Waals surface area contributed by atoms with Crippen molar-refractivity contribution in [2.45, 2.75) is 5.12 Å². The molecule has 0 saturated carbocycles. The van der Waals surface area contributed by atoms with Gasteiger partial charge >= 0.3 is 0 Å². The van der Waals surface area contributed by atoms with E-state index in [-0.39, 0.29) is 0 Å². The Bertz CT molecular complexity index is 314. The molecule has 62 valence electrons. The summed E-state index contributed by atoms with van der Waals surface area (Å²) >= 11 is 5.89. The monoisotopic (exact) mass is 182 g/mol. The molecule has 1 aliphatic heterocycles. The number of rotatable bonds is 2. The minimum atomic E-state index is -0.799. The van der Waals surface area contributed by atoms with Gasteiger partial charge in [-0.2, -0.15) is 0 Å². The molecule has 0 aromatic heterocycles. The Morgan fingerprint density at radius 2 is 1.83 bits per heavy atom. The standard InChI is InChI=1S/C8H7ClN2O/c1-12-7-4-2-6(3-5-7)8(9)10-11-8/h2-5H,1H3. The van der Waals surface area contributed by atoms with E-state index in [1.54, 1.807) is 7.11 Å². The summed E-state index contributed by atoms with van der Waals surface area (Å²) in [6.45, 7) is 0. The van der Waals surface area contributed by atoms with Crippen LogP contribution >= 0.6 is 11.6 Å². The zero-order valence-corrected chi connectivity index (χ0v) is 7.25. The Morgan fingerprint density at radius 3 is 2.25 bits per heavy atom. The van der Waals surface area contributed by atoms with Gasteiger partial charge in [0.05, 0.1) is 7.11 Å². The van der Waals surface area contributed by atoms with Crippen LogP contribution in [0.3, 0.4) is 0 Å². The lowest BCUT2D eigenvalue weighted by Gasteiger charge is -2.03. The second kappa shape index (κ2) is 2.45. The summed E-state index contributed by atoms with van der Waals surface area (Å²) in [6.07, 6.45) is 0. The number of hydrogen-bond acceptors (Lipinski definition) is 3. The first-order chi connectivity index (χ1) is 5.74. The van der Waals surface area contributed by atoms with Gasteiger partial charge in [0, 0.05) is 5.56 Å². The fourth-order valence-electron chi connectivity index (χ4n) is 0.962. The van der Waals surface area contributed by atoms with Gasteiger partial charge in [0.25, 0.3) is 5.12 Å². The SMILES string of the molecule is COc1ccc(C2(Cl)N=N2)cc1. The first kappa shape index (κ1) is 7.55. The third-order valence-corrected chi connectivity index (χ3v) is 2.10. The van der Waals surface area contributed by atoms with Crippen LogP contribution in [-0.2, 0) is 5.12 Å². The maximum Gasteiger partial charge on any atom is 0.289 e. The summed E-state index contributed by atoms with van der Waals surface area (Å²) in [5.41, 5.74) is 0.880. The van der Waals surface area contributed by atoms with E-state index in [1.165, 1.54) is 0 Å². The predicted octanol–water partition coefficient (Wildman–Crippen LogP) is 2.51. The average Bonchev–Trinajstić information content (AvgIpc) is 2.85. The molecule has 0 saturated heterocycles. The van der Waals surface area contributed by atoms with E-state index in [2.05, 4.69) is 10.2 Å². The van der Waals surface area contributed by atoms with Gasteiger partial charge in [0.2, 0.25) is 0 Å². The Labute approximate surface area is 75.0 Å². The van der Waals surface area contributed by atoms with Gasteiger partial charge in [0.1, 0.15) is 5.75 Å². The maximum atomic E-state index is 5.89. The number of ether oxygens (including phenoxy) is 1. The topological polar surface area (TPSA) is 34.0 Å². The van der Waals surface area contributed by atoms with E-state index < -0.39 is 5.12 Å². The smallest absolute Gasteiger partial charge is 0.289 e. The first-order valence-electron chi connectivity index (χ1n) is 3.52. The van der Waals surface area contributed by atoms with E-state index in [0.717, 1.165) is 11.3 Å². The Hall–Kier alpha value is -1.09. The first-order valence-corrected chi connectivity index (χ1v) is 3.90. The molecule has 0 fully saturated rings. The van der Waals surface area contributed by atoms with Crippen LogP contribution in [0.25, 0.3) is 0 Å². The van der Waals surface area contributed by atoms with Crippen molar-refractivity contribution in [2.24, 2.45) is 10.2 Å². The molecule has 12 heavy (non-hydrogen) atoms. The molecule has 0 aliphatic carbocycles. The molecule has 2 rings (SSSR count). The molecule has 0 atom stereocenters. The minimum absolute atomic E-state index is 0.799. The molecule has 0 N–H and O–H groups in total. The molecule has 1 aromatic rings. The van der Waals surface area contributed by atoms with Gasteiger partial charge in [0.15, 0.2) is 0 Å². The second-order valence-electron chi connectivity index (χ2n) is 2.52. The fourth-order valence-corrected chi connectivity index (χ4v) is 1.13. The summed E-state index contributed by atoms with van der Waals surface area (Å²) in [6, 6.07) is 7.38. The molecule has 0 amide bonds. The minimum Gasteiger partial charge on any atom is -0.497 e. The maximum absolute atomic E-state index is 5.89. The van der Waals surface area contributed by atoms with E-state index in [1.807, 2.05) is 24.3 Å². The summed E-state index contributed by atoms with van der Waals surface area (Å²) in [4.78, 5) is 0. The number of benzene rings is 1. The van der Waals surface area contributed by atoms with Gasteiger partial charge in [-0.05, 0) is 24.3 Å². The second-order valence-corrected chi connectivity index (χ2v) is 3.04. The third-order valence-electron chi connectivity index (χ3n) is 1.73. The molecule has 3 nitrogen and oxygen atoms in total. The van der Waals surface area contributed by atoms with Crippen LogP contribution in [0.2, 0.25) is 0 Å². The third kappa shape index (κ3) is 1.16. The molecule has 4 heteroatoms. The average molecular weight is 183 g/mol.